The van der Waals surface area contributed by atoms with E-state index in [1.807, 2.05) is 0 Å². The summed E-state index contributed by atoms with van der Waals surface area (Å²) in [4.78, 5) is 22.7. The molecule has 18 heteroatoms. The molecule has 1 atom stereocenters. The third kappa shape index (κ3) is 6.20. The number of fused-ring (bicyclic) bond motifs is 1. The molecule has 1 aromatic carbocycles. The lowest BCUT2D eigenvalue weighted by Crippen LogP contribution is -2.48. The first-order chi connectivity index (χ1) is 17.4. The van der Waals surface area contributed by atoms with Gasteiger partial charge < -0.3 is 14.8 Å². The van der Waals surface area contributed by atoms with Gasteiger partial charge in [0, 0.05) is 12.6 Å². The molecule has 1 aliphatic heterocycles. The fourth-order valence-corrected chi connectivity index (χ4v) is 5.08. The van der Waals surface area contributed by atoms with Crippen molar-refractivity contribution >= 4 is 45.0 Å². The van der Waals surface area contributed by atoms with Crippen LogP contribution in [0.25, 0.3) is 0 Å². The van der Waals surface area contributed by atoms with Crippen LogP contribution >= 0.6 is 11.6 Å². The normalized spacial score (nSPS) is 16.1. The summed E-state index contributed by atoms with van der Waals surface area (Å²) in [5.41, 5.74) is -3.22. The molecule has 2 N–H and O–H groups in total. The molecular weight excluding hydrogens is 569 g/mol. The summed E-state index contributed by atoms with van der Waals surface area (Å²) in [5, 5.41) is 7.09. The summed E-state index contributed by atoms with van der Waals surface area (Å²) >= 11 is 5.83. The lowest BCUT2D eigenvalue weighted by atomic mass is 10.1. The van der Waals surface area contributed by atoms with Gasteiger partial charge in [-0.1, -0.05) is 11.6 Å². The number of aromatic nitrogens is 2. The molecule has 3 rings (SSSR count). The van der Waals surface area contributed by atoms with Gasteiger partial charge in [0.25, 0.3) is 10.0 Å². The number of hydrogen-bond acceptors (Lipinski definition) is 7. The third-order valence-corrected chi connectivity index (χ3v) is 7.34. The van der Waals surface area contributed by atoms with Gasteiger partial charge in [0.05, 0.1) is 25.0 Å². The number of amides is 2. The van der Waals surface area contributed by atoms with Crippen molar-refractivity contribution in [2.45, 2.75) is 50.1 Å². The van der Waals surface area contributed by atoms with Gasteiger partial charge in [-0.2, -0.15) is 27.1 Å². The Kier molecular flexibility index (Phi) is 8.02. The van der Waals surface area contributed by atoms with Crippen LogP contribution in [0.1, 0.15) is 27.3 Å². The SMILES string of the molecule is CC(=O)NC[C@H]1CN(S(=O)(=O)c2cn(C(F)F)nc2Cl)c2cc(NC(=O)OC(C)(C)C(F)(F)F)ccc2O1. The molecule has 2 aromatic rings. The fourth-order valence-electron chi connectivity index (χ4n) is 3.16. The van der Waals surface area contributed by atoms with Gasteiger partial charge in [-0.25, -0.2) is 17.9 Å². The Morgan fingerprint density at radius 1 is 1.29 bits per heavy atom. The minimum Gasteiger partial charge on any atom is -0.484 e. The number of halogens is 6. The molecule has 1 aliphatic rings. The van der Waals surface area contributed by atoms with Crippen molar-refractivity contribution in [3.8, 4) is 5.75 Å². The maximum absolute atomic E-state index is 13.5. The summed E-state index contributed by atoms with van der Waals surface area (Å²) in [6.45, 7) is -1.27. The van der Waals surface area contributed by atoms with Crippen LogP contribution in [0, 0.1) is 0 Å². The van der Waals surface area contributed by atoms with Crippen LogP contribution in [0.3, 0.4) is 0 Å². The molecule has 0 saturated heterocycles. The van der Waals surface area contributed by atoms with Crippen molar-refractivity contribution in [2.24, 2.45) is 0 Å². The highest BCUT2D eigenvalue weighted by Gasteiger charge is 2.51. The van der Waals surface area contributed by atoms with Gasteiger partial charge in [-0.15, -0.1) is 0 Å². The Bertz CT molecular complexity index is 1330. The first-order valence-corrected chi connectivity index (χ1v) is 12.4. The number of nitrogens with zero attached hydrogens (tertiary/aromatic N) is 3. The summed E-state index contributed by atoms with van der Waals surface area (Å²) in [7, 11) is -4.68. The first-order valence-electron chi connectivity index (χ1n) is 10.6. The van der Waals surface area contributed by atoms with Crippen LogP contribution in [0.15, 0.2) is 29.3 Å². The molecule has 2 heterocycles. The van der Waals surface area contributed by atoms with Crippen molar-refractivity contribution in [1.29, 1.82) is 0 Å². The van der Waals surface area contributed by atoms with E-state index >= 15 is 0 Å². The van der Waals surface area contributed by atoms with Crippen molar-refractivity contribution in [2.75, 3.05) is 22.7 Å². The Morgan fingerprint density at radius 3 is 2.50 bits per heavy atom. The van der Waals surface area contributed by atoms with Gasteiger partial charge in [0.2, 0.25) is 11.5 Å². The molecule has 0 saturated carbocycles. The molecule has 0 aliphatic carbocycles. The van der Waals surface area contributed by atoms with Crippen LogP contribution in [0.5, 0.6) is 5.75 Å². The number of carbonyl (C=O) groups excluding carboxylic acids is 2. The molecule has 0 spiro atoms. The first kappa shape index (κ1) is 29.2. The average molecular weight is 590 g/mol. The highest BCUT2D eigenvalue weighted by atomic mass is 35.5. The molecule has 0 radical (unpaired) electrons. The van der Waals surface area contributed by atoms with Crippen LogP contribution in [0.4, 0.5) is 38.1 Å². The fraction of sp³-hybridized carbons (Fsp3) is 0.450. The van der Waals surface area contributed by atoms with Gasteiger partial charge >= 0.3 is 18.8 Å². The summed E-state index contributed by atoms with van der Waals surface area (Å²) < 4.78 is 103. The van der Waals surface area contributed by atoms with Gasteiger partial charge in [0.1, 0.15) is 16.7 Å². The zero-order chi connectivity index (χ0) is 28.6. The largest absolute Gasteiger partial charge is 0.484 e. The van der Waals surface area contributed by atoms with Crippen molar-refractivity contribution in [1.82, 2.24) is 15.1 Å². The molecule has 11 nitrogen and oxygen atoms in total. The quantitative estimate of drug-likeness (QED) is 0.468. The van der Waals surface area contributed by atoms with E-state index in [2.05, 4.69) is 20.5 Å². The second-order valence-corrected chi connectivity index (χ2v) is 10.6. The van der Waals surface area contributed by atoms with Gasteiger partial charge in [-0.05, 0) is 32.0 Å². The molecule has 2 amide bonds. The van der Waals surface area contributed by atoms with Crippen LogP contribution < -0.4 is 19.7 Å². The summed E-state index contributed by atoms with van der Waals surface area (Å²) in [6.07, 6.45) is -6.77. The van der Waals surface area contributed by atoms with Crippen LogP contribution in [-0.4, -0.2) is 61.2 Å². The number of sulfonamides is 1. The predicted molar refractivity (Wildman–Crippen MR) is 123 cm³/mol. The molecule has 1 aromatic heterocycles. The summed E-state index contributed by atoms with van der Waals surface area (Å²) in [5.74, 6) is -0.503. The molecule has 210 valence electrons. The number of nitrogens with one attached hydrogen (secondary N) is 2. The molecule has 0 bridgehead atoms. The standard InChI is InChI=1S/C20H21ClF5N5O6S/c1-10(32)27-7-12-8-31(38(34,35)15-9-30(17(22)23)29-16(15)21)13-6-11(4-5-14(13)36-12)28-18(33)37-19(2,3)20(24,25)26/h4-6,9,12,17H,7-8H2,1-3H3,(H,27,32)(H,28,33)/t12-/m0/s1. The van der Waals surface area contributed by atoms with E-state index in [1.54, 1.807) is 0 Å². The molecule has 0 unspecified atom stereocenters. The average Bonchev–Trinajstić information content (AvgIpc) is 3.18. The van der Waals surface area contributed by atoms with E-state index in [-0.39, 0.29) is 28.4 Å². The van der Waals surface area contributed by atoms with Crippen molar-refractivity contribution in [3.63, 3.8) is 0 Å². The van der Waals surface area contributed by atoms with Crippen LogP contribution in [-0.2, 0) is 19.6 Å². The summed E-state index contributed by atoms with van der Waals surface area (Å²) in [6, 6.07) is 3.48. The monoisotopic (exact) mass is 589 g/mol. The van der Waals surface area contributed by atoms with Crippen molar-refractivity contribution in [3.05, 3.63) is 29.5 Å². The maximum Gasteiger partial charge on any atom is 0.427 e. The zero-order valence-corrected chi connectivity index (χ0v) is 21.4. The van der Waals surface area contributed by atoms with E-state index in [4.69, 9.17) is 16.3 Å². The van der Waals surface area contributed by atoms with Gasteiger partial charge in [0.15, 0.2) is 5.15 Å². The topological polar surface area (TPSA) is 132 Å². The van der Waals surface area contributed by atoms with Crippen LogP contribution in [0.2, 0.25) is 5.15 Å². The number of rotatable bonds is 7. The Balaban J connectivity index is 1.99. The van der Waals surface area contributed by atoms with E-state index in [0.29, 0.717) is 20.0 Å². The van der Waals surface area contributed by atoms with E-state index in [0.717, 1.165) is 10.4 Å². The van der Waals surface area contributed by atoms with E-state index < -0.39 is 63.0 Å². The number of carbonyl (C=O) groups is 2. The van der Waals surface area contributed by atoms with E-state index in [1.165, 1.54) is 19.1 Å². The molecular formula is C20H21ClF5N5O6S. The molecule has 38 heavy (non-hydrogen) atoms. The Morgan fingerprint density at radius 2 is 1.95 bits per heavy atom. The minimum atomic E-state index is -4.87. The lowest BCUT2D eigenvalue weighted by Gasteiger charge is -2.35. The highest BCUT2D eigenvalue weighted by molar-refractivity contribution is 7.93. The predicted octanol–water partition coefficient (Wildman–Crippen LogP) is 3.91. The van der Waals surface area contributed by atoms with Gasteiger partial charge in [-0.3, -0.25) is 14.4 Å². The maximum atomic E-state index is 13.5. The smallest absolute Gasteiger partial charge is 0.427 e. The number of anilines is 2. The number of ether oxygens (including phenoxy) is 2. The lowest BCUT2D eigenvalue weighted by molar-refractivity contribution is -0.242. The molecule has 0 fully saturated rings. The highest BCUT2D eigenvalue weighted by Crippen LogP contribution is 2.40. The number of alkyl halides is 5. The third-order valence-electron chi connectivity index (χ3n) is 5.17. The Hall–Kier alpha value is -3.34. The Labute approximate surface area is 217 Å². The number of hydrogen-bond donors (Lipinski definition) is 2. The van der Waals surface area contributed by atoms with Crippen molar-refractivity contribution < 1.29 is 49.4 Å². The minimum absolute atomic E-state index is 0.0434. The second kappa shape index (κ2) is 10.4. The second-order valence-electron chi connectivity index (χ2n) is 8.46. The number of benzene rings is 1. The van der Waals surface area contributed by atoms with E-state index in [9.17, 15) is 40.0 Å². The zero-order valence-electron chi connectivity index (χ0n) is 19.8.